The quantitative estimate of drug-likeness (QED) is 0.349. The molecule has 1 atom stereocenters. The molecule has 2 aliphatic rings. The van der Waals surface area contributed by atoms with Gasteiger partial charge in [0.05, 0.1) is 23.7 Å². The van der Waals surface area contributed by atoms with E-state index in [9.17, 15) is 27.2 Å². The van der Waals surface area contributed by atoms with E-state index in [0.29, 0.717) is 24.4 Å². The van der Waals surface area contributed by atoms with E-state index in [2.05, 4.69) is 11.6 Å². The predicted molar refractivity (Wildman–Crippen MR) is 137 cm³/mol. The van der Waals surface area contributed by atoms with Crippen LogP contribution >= 0.6 is 11.8 Å². The third-order valence-electron chi connectivity index (χ3n) is 6.79. The number of halogens is 4. The van der Waals surface area contributed by atoms with E-state index >= 15 is 0 Å². The Balaban J connectivity index is 1.78. The summed E-state index contributed by atoms with van der Waals surface area (Å²) in [6, 6.07) is 5.45. The minimum atomic E-state index is -4.73. The second-order valence-corrected chi connectivity index (χ2v) is 10.1. The first-order chi connectivity index (χ1) is 18.1. The van der Waals surface area contributed by atoms with Crippen molar-refractivity contribution in [2.75, 3.05) is 50.5 Å². The maximum atomic E-state index is 14.5. The summed E-state index contributed by atoms with van der Waals surface area (Å²) in [5.41, 5.74) is -1.04. The van der Waals surface area contributed by atoms with Gasteiger partial charge in [-0.05, 0) is 29.8 Å². The number of alkyl halides is 3. The average molecular weight is 549 g/mol. The van der Waals surface area contributed by atoms with Gasteiger partial charge in [0.15, 0.2) is 0 Å². The lowest BCUT2D eigenvalue weighted by Crippen LogP contribution is -2.49. The van der Waals surface area contributed by atoms with Gasteiger partial charge < -0.3 is 14.5 Å². The highest BCUT2D eigenvalue weighted by Gasteiger charge is 2.39. The minimum Gasteiger partial charge on any atom is -0.383 e. The van der Waals surface area contributed by atoms with E-state index in [-0.39, 0.29) is 52.8 Å². The fraction of sp³-hybridized carbons (Fsp3) is 0.346. The number of thioether (sulfide) groups is 1. The van der Waals surface area contributed by atoms with Crippen LogP contribution in [0.1, 0.15) is 11.6 Å². The van der Waals surface area contributed by atoms with Crippen molar-refractivity contribution >= 4 is 34.4 Å². The van der Waals surface area contributed by atoms with Crippen LogP contribution in [0.4, 0.5) is 23.4 Å². The van der Waals surface area contributed by atoms with Gasteiger partial charge >= 0.3 is 11.9 Å². The van der Waals surface area contributed by atoms with Crippen LogP contribution < -0.4 is 10.6 Å². The first-order valence-corrected chi connectivity index (χ1v) is 12.9. The molecule has 7 nitrogen and oxygen atoms in total. The Bertz CT molecular complexity index is 1460. The molecule has 0 aliphatic carbocycles. The van der Waals surface area contributed by atoms with Crippen molar-refractivity contribution in [3.05, 3.63) is 64.9 Å². The summed E-state index contributed by atoms with van der Waals surface area (Å²) in [6.45, 7) is 4.87. The summed E-state index contributed by atoms with van der Waals surface area (Å²) >= 11 is 1.21. The number of ether oxygens (including phenoxy) is 1. The Kier molecular flexibility index (Phi) is 6.95. The Morgan fingerprint density at radius 1 is 1.21 bits per heavy atom. The molecule has 0 spiro atoms. The van der Waals surface area contributed by atoms with Crippen LogP contribution in [0.2, 0.25) is 0 Å². The summed E-state index contributed by atoms with van der Waals surface area (Å²) in [5.74, 6) is -0.365. The van der Waals surface area contributed by atoms with Crippen molar-refractivity contribution in [3.8, 4) is 11.1 Å². The Morgan fingerprint density at radius 2 is 1.89 bits per heavy atom. The molecule has 1 aromatic heterocycles. The van der Waals surface area contributed by atoms with E-state index < -0.39 is 29.3 Å². The molecule has 200 valence electrons. The molecular weight excluding hydrogens is 524 g/mol. The first-order valence-electron chi connectivity index (χ1n) is 11.9. The number of anilines is 1. The maximum absolute atomic E-state index is 14.5. The SMILES string of the molecule is C=CC(=O)N1CCN(c2nc(=O)n3c4c(c(-c5ccc(F)cc5)c(C(F)(F)F)cc24)SCC3COC)CC1. The average Bonchev–Trinajstić information content (AvgIpc) is 2.90. The smallest absolute Gasteiger partial charge is 0.383 e. The van der Waals surface area contributed by atoms with Gasteiger partial charge in [-0.2, -0.15) is 18.2 Å². The molecule has 5 rings (SSSR count). The summed E-state index contributed by atoms with van der Waals surface area (Å²) in [5, 5.41) is 0.189. The van der Waals surface area contributed by atoms with E-state index in [1.807, 2.05) is 0 Å². The zero-order valence-electron chi connectivity index (χ0n) is 20.4. The van der Waals surface area contributed by atoms with Gasteiger partial charge in [-0.15, -0.1) is 11.8 Å². The molecule has 0 radical (unpaired) electrons. The molecule has 38 heavy (non-hydrogen) atoms. The van der Waals surface area contributed by atoms with E-state index in [4.69, 9.17) is 4.74 Å². The van der Waals surface area contributed by atoms with E-state index in [0.717, 1.165) is 18.2 Å². The zero-order valence-corrected chi connectivity index (χ0v) is 21.2. The molecule has 0 saturated carbocycles. The lowest BCUT2D eigenvalue weighted by Gasteiger charge is -2.36. The molecular formula is C26H24F4N4O3S. The summed E-state index contributed by atoms with van der Waals surface area (Å²) in [7, 11) is 1.49. The summed E-state index contributed by atoms with van der Waals surface area (Å²) < 4.78 is 64.0. The maximum Gasteiger partial charge on any atom is 0.417 e. The molecule has 3 aromatic rings. The van der Waals surface area contributed by atoms with Gasteiger partial charge in [0.25, 0.3) is 0 Å². The molecule has 2 aliphatic heterocycles. The molecule has 12 heteroatoms. The Hall–Kier alpha value is -3.38. The molecule has 1 unspecified atom stereocenters. The number of carbonyl (C=O) groups excluding carboxylic acids is 1. The number of benzene rings is 2. The molecule has 1 saturated heterocycles. The van der Waals surface area contributed by atoms with Gasteiger partial charge in [-0.25, -0.2) is 9.18 Å². The standard InChI is InChI=1S/C26H24F4N4O3S/c1-3-20(35)32-8-10-33(11-9-32)24-18-12-19(26(28,29)30)21(15-4-6-16(27)7-5-15)23-22(18)34(25(36)31-24)17(13-37-2)14-38-23/h3-7,12,17H,1,8-11,13-14H2,2H3. The van der Waals surface area contributed by atoms with Crippen LogP contribution in [0.3, 0.4) is 0 Å². The van der Waals surface area contributed by atoms with Crippen LogP contribution in [0.25, 0.3) is 22.0 Å². The predicted octanol–water partition coefficient (Wildman–Crippen LogP) is 4.35. The number of piperazine rings is 1. The second kappa shape index (κ2) is 10.1. The highest BCUT2D eigenvalue weighted by molar-refractivity contribution is 7.99. The lowest BCUT2D eigenvalue weighted by atomic mass is 9.96. The van der Waals surface area contributed by atoms with Crippen molar-refractivity contribution in [1.82, 2.24) is 14.5 Å². The molecule has 0 bridgehead atoms. The van der Waals surface area contributed by atoms with E-state index in [1.165, 1.54) is 41.6 Å². The Morgan fingerprint density at radius 3 is 2.50 bits per heavy atom. The molecule has 1 amide bonds. The highest BCUT2D eigenvalue weighted by atomic mass is 32.2. The van der Waals surface area contributed by atoms with Gasteiger partial charge in [-0.1, -0.05) is 18.7 Å². The largest absolute Gasteiger partial charge is 0.417 e. The van der Waals surface area contributed by atoms with Crippen LogP contribution in [0.5, 0.6) is 0 Å². The summed E-state index contributed by atoms with van der Waals surface area (Å²) in [6.07, 6.45) is -3.52. The number of hydrogen-bond donors (Lipinski definition) is 0. The summed E-state index contributed by atoms with van der Waals surface area (Å²) in [4.78, 5) is 33.3. The van der Waals surface area contributed by atoms with E-state index in [1.54, 1.807) is 9.80 Å². The van der Waals surface area contributed by atoms with Crippen molar-refractivity contribution in [3.63, 3.8) is 0 Å². The number of carbonyl (C=O) groups is 1. The van der Waals surface area contributed by atoms with Gasteiger partial charge in [-0.3, -0.25) is 9.36 Å². The normalized spacial score (nSPS) is 17.7. The molecule has 3 heterocycles. The molecule has 1 fully saturated rings. The zero-order chi connectivity index (χ0) is 27.2. The van der Waals surface area contributed by atoms with Gasteiger partial charge in [0.2, 0.25) is 5.91 Å². The number of hydrogen-bond acceptors (Lipinski definition) is 6. The topological polar surface area (TPSA) is 67.7 Å². The minimum absolute atomic E-state index is 0.0995. The lowest BCUT2D eigenvalue weighted by molar-refractivity contribution is -0.137. The second-order valence-electron chi connectivity index (χ2n) is 9.05. The third-order valence-corrected chi connectivity index (χ3v) is 8.03. The molecule has 0 N–H and O–H groups in total. The van der Waals surface area contributed by atoms with Crippen molar-refractivity contribution in [2.24, 2.45) is 0 Å². The number of nitrogens with zero attached hydrogens (tertiary/aromatic N) is 4. The fourth-order valence-corrected chi connectivity index (χ4v) is 6.36. The fourth-order valence-electron chi connectivity index (χ4n) is 5.04. The third kappa shape index (κ3) is 4.55. The van der Waals surface area contributed by atoms with Gasteiger partial charge in [0, 0.05) is 54.9 Å². The van der Waals surface area contributed by atoms with Crippen LogP contribution in [0, 0.1) is 5.82 Å². The van der Waals surface area contributed by atoms with Crippen LogP contribution in [-0.2, 0) is 15.7 Å². The highest BCUT2D eigenvalue weighted by Crippen LogP contribution is 2.49. The van der Waals surface area contributed by atoms with Crippen molar-refractivity contribution < 1.29 is 27.1 Å². The number of rotatable bonds is 5. The number of amides is 1. The van der Waals surface area contributed by atoms with Crippen molar-refractivity contribution in [1.29, 1.82) is 0 Å². The van der Waals surface area contributed by atoms with Crippen molar-refractivity contribution in [2.45, 2.75) is 17.1 Å². The van der Waals surface area contributed by atoms with Crippen LogP contribution in [-0.4, -0.2) is 66.0 Å². The Labute approximate surface area is 219 Å². The number of aromatic nitrogens is 2. The van der Waals surface area contributed by atoms with Gasteiger partial charge in [0.1, 0.15) is 11.6 Å². The monoisotopic (exact) mass is 548 g/mol. The number of methoxy groups -OCH3 is 1. The first kappa shape index (κ1) is 26.2. The molecule has 2 aromatic carbocycles. The van der Waals surface area contributed by atoms with Crippen LogP contribution in [0.15, 0.2) is 52.7 Å².